The van der Waals surface area contributed by atoms with Crippen LogP contribution in [0.3, 0.4) is 0 Å². The molecule has 0 N–H and O–H groups in total. The molecular weight excluding hydrogens is 334 g/mol. The lowest BCUT2D eigenvalue weighted by Crippen LogP contribution is -2.43. The van der Waals surface area contributed by atoms with Gasteiger partial charge in [-0.2, -0.15) is 0 Å². The number of hydrogen-bond donors (Lipinski definition) is 0. The first kappa shape index (κ1) is 16.3. The van der Waals surface area contributed by atoms with E-state index in [-0.39, 0.29) is 11.7 Å². The highest BCUT2D eigenvalue weighted by Gasteiger charge is 2.32. The number of likely N-dealkylation sites (tertiary alicyclic amines) is 1. The van der Waals surface area contributed by atoms with Crippen molar-refractivity contribution in [3.63, 3.8) is 0 Å². The molecule has 0 aromatic carbocycles. The summed E-state index contributed by atoms with van der Waals surface area (Å²) in [5, 5.41) is 1.56. The molecule has 124 valence electrons. The number of hydrogen-bond acceptors (Lipinski definition) is 5. The lowest BCUT2D eigenvalue weighted by molar-refractivity contribution is -0.131. The fourth-order valence-electron chi connectivity index (χ4n) is 2.85. The summed E-state index contributed by atoms with van der Waals surface area (Å²) in [6, 6.07) is 7.25. The largest absolute Gasteiger partial charge is 0.468 e. The van der Waals surface area contributed by atoms with Crippen molar-refractivity contribution in [1.82, 2.24) is 4.90 Å². The molecule has 2 aromatic rings. The Morgan fingerprint density at radius 2 is 2.04 bits per heavy atom. The van der Waals surface area contributed by atoms with Gasteiger partial charge in [-0.3, -0.25) is 4.79 Å². The second-order valence-electron chi connectivity index (χ2n) is 5.72. The zero-order valence-corrected chi connectivity index (χ0v) is 14.3. The van der Waals surface area contributed by atoms with E-state index in [4.69, 9.17) is 4.42 Å². The number of carbonyl (C=O) groups is 1. The van der Waals surface area contributed by atoms with Crippen LogP contribution >= 0.6 is 11.3 Å². The molecule has 0 saturated carbocycles. The molecule has 2 aromatic heterocycles. The number of nitrogens with zero attached hydrogens (tertiary/aromatic N) is 1. The maximum absolute atomic E-state index is 12.4. The maximum Gasteiger partial charge on any atom is 0.227 e. The molecule has 1 aliphatic rings. The second-order valence-corrected chi connectivity index (χ2v) is 9.04. The average molecular weight is 353 g/mol. The molecule has 1 aliphatic heterocycles. The third-order valence-electron chi connectivity index (χ3n) is 4.13. The van der Waals surface area contributed by atoms with Gasteiger partial charge in [0.15, 0.2) is 9.84 Å². The van der Waals surface area contributed by atoms with E-state index in [0.717, 1.165) is 4.88 Å². The van der Waals surface area contributed by atoms with Gasteiger partial charge in [-0.15, -0.1) is 11.3 Å². The minimum atomic E-state index is -3.24. The molecule has 0 spiro atoms. The second kappa shape index (κ2) is 6.88. The molecule has 1 amide bonds. The fraction of sp³-hybridized carbons (Fsp3) is 0.438. The van der Waals surface area contributed by atoms with Crippen LogP contribution in [0.4, 0.5) is 0 Å². The lowest BCUT2D eigenvalue weighted by atomic mass is 10.1. The Hall–Kier alpha value is -1.60. The molecule has 0 unspecified atom stereocenters. The molecule has 1 saturated heterocycles. The Labute approximate surface area is 139 Å². The Balaban J connectivity index is 1.54. The third-order valence-corrected chi connectivity index (χ3v) is 7.18. The quantitative estimate of drug-likeness (QED) is 0.828. The first-order valence-electron chi connectivity index (χ1n) is 7.59. The number of sulfone groups is 1. The van der Waals surface area contributed by atoms with Crippen molar-refractivity contribution in [3.05, 3.63) is 46.5 Å². The lowest BCUT2D eigenvalue weighted by Gasteiger charge is -2.31. The van der Waals surface area contributed by atoms with Gasteiger partial charge in [0.2, 0.25) is 5.91 Å². The summed E-state index contributed by atoms with van der Waals surface area (Å²) in [7, 11) is -3.24. The molecule has 3 rings (SSSR count). The van der Waals surface area contributed by atoms with Gasteiger partial charge in [0.1, 0.15) is 11.5 Å². The van der Waals surface area contributed by atoms with Crippen LogP contribution in [-0.4, -0.2) is 37.6 Å². The molecule has 0 bridgehead atoms. The molecule has 23 heavy (non-hydrogen) atoms. The number of thiophene rings is 1. The van der Waals surface area contributed by atoms with Gasteiger partial charge in [-0.05, 0) is 36.4 Å². The SMILES string of the molecule is O=C(Cc1cccs1)N1CCC(S(=O)(=O)Cc2ccco2)CC1. The zero-order chi connectivity index (χ0) is 16.3. The standard InChI is InChI=1S/C16H19NO4S2/c18-16(11-14-4-2-10-22-14)17-7-5-15(6-8-17)23(19,20)12-13-3-1-9-21-13/h1-4,9-10,15H,5-8,11-12H2. The summed E-state index contributed by atoms with van der Waals surface area (Å²) < 4.78 is 30.0. The van der Waals surface area contributed by atoms with Gasteiger partial charge in [0.25, 0.3) is 0 Å². The van der Waals surface area contributed by atoms with Crippen LogP contribution in [0.15, 0.2) is 40.3 Å². The first-order valence-corrected chi connectivity index (χ1v) is 10.2. The van der Waals surface area contributed by atoms with Gasteiger partial charge in [0.05, 0.1) is 17.9 Å². The van der Waals surface area contributed by atoms with Gasteiger partial charge in [-0.1, -0.05) is 6.07 Å². The molecule has 5 nitrogen and oxygen atoms in total. The highest BCUT2D eigenvalue weighted by molar-refractivity contribution is 7.91. The predicted molar refractivity (Wildman–Crippen MR) is 89.0 cm³/mol. The maximum atomic E-state index is 12.4. The van der Waals surface area contributed by atoms with Crippen molar-refractivity contribution in [2.75, 3.05) is 13.1 Å². The van der Waals surface area contributed by atoms with Crippen LogP contribution in [-0.2, 0) is 26.8 Å². The smallest absolute Gasteiger partial charge is 0.227 e. The van der Waals surface area contributed by atoms with Crippen molar-refractivity contribution in [1.29, 1.82) is 0 Å². The molecular formula is C16H19NO4S2. The van der Waals surface area contributed by atoms with E-state index < -0.39 is 15.1 Å². The summed E-state index contributed by atoms with van der Waals surface area (Å²) in [6.45, 7) is 1.01. The Morgan fingerprint density at radius 1 is 1.26 bits per heavy atom. The van der Waals surface area contributed by atoms with Crippen molar-refractivity contribution in [2.24, 2.45) is 0 Å². The minimum Gasteiger partial charge on any atom is -0.468 e. The van der Waals surface area contributed by atoms with E-state index in [0.29, 0.717) is 38.1 Å². The topological polar surface area (TPSA) is 67.6 Å². The number of furan rings is 1. The fourth-order valence-corrected chi connectivity index (χ4v) is 5.27. The number of piperidine rings is 1. The first-order chi connectivity index (χ1) is 11.0. The Bertz CT molecular complexity index is 727. The third kappa shape index (κ3) is 4.03. The summed E-state index contributed by atoms with van der Waals surface area (Å²) in [5.41, 5.74) is 0. The van der Waals surface area contributed by atoms with E-state index in [1.807, 2.05) is 17.5 Å². The Morgan fingerprint density at radius 3 is 2.65 bits per heavy atom. The minimum absolute atomic E-state index is 0.0617. The summed E-state index contributed by atoms with van der Waals surface area (Å²) in [4.78, 5) is 15.1. The van der Waals surface area contributed by atoms with E-state index in [9.17, 15) is 13.2 Å². The van der Waals surface area contributed by atoms with Crippen molar-refractivity contribution < 1.29 is 17.6 Å². The van der Waals surface area contributed by atoms with Gasteiger partial charge in [0, 0.05) is 18.0 Å². The number of amides is 1. The molecule has 7 heteroatoms. The molecule has 0 radical (unpaired) electrons. The summed E-state index contributed by atoms with van der Waals surface area (Å²) in [5.74, 6) is 0.490. The van der Waals surface area contributed by atoms with Crippen molar-refractivity contribution in [2.45, 2.75) is 30.3 Å². The Kier molecular flexibility index (Phi) is 4.87. The van der Waals surface area contributed by atoms with Crippen LogP contribution in [0, 0.1) is 0 Å². The predicted octanol–water partition coefficient (Wildman–Crippen LogP) is 2.49. The average Bonchev–Trinajstić information content (AvgIpc) is 3.21. The van der Waals surface area contributed by atoms with Crippen molar-refractivity contribution in [3.8, 4) is 0 Å². The van der Waals surface area contributed by atoms with Gasteiger partial charge >= 0.3 is 0 Å². The van der Waals surface area contributed by atoms with Crippen LogP contribution in [0.25, 0.3) is 0 Å². The highest BCUT2D eigenvalue weighted by Crippen LogP contribution is 2.22. The highest BCUT2D eigenvalue weighted by atomic mass is 32.2. The normalized spacial score (nSPS) is 16.6. The summed E-state index contributed by atoms with van der Waals surface area (Å²) >= 11 is 1.57. The van der Waals surface area contributed by atoms with Crippen LogP contribution in [0.1, 0.15) is 23.5 Å². The van der Waals surface area contributed by atoms with E-state index in [1.54, 1.807) is 28.4 Å². The van der Waals surface area contributed by atoms with Gasteiger partial charge < -0.3 is 9.32 Å². The van der Waals surface area contributed by atoms with E-state index in [2.05, 4.69) is 0 Å². The molecule has 3 heterocycles. The monoisotopic (exact) mass is 353 g/mol. The van der Waals surface area contributed by atoms with Crippen LogP contribution in [0.2, 0.25) is 0 Å². The van der Waals surface area contributed by atoms with Crippen LogP contribution in [0.5, 0.6) is 0 Å². The van der Waals surface area contributed by atoms with Gasteiger partial charge in [-0.25, -0.2) is 8.42 Å². The number of carbonyl (C=O) groups excluding carboxylic acids is 1. The molecule has 0 aliphatic carbocycles. The van der Waals surface area contributed by atoms with Crippen molar-refractivity contribution >= 4 is 27.1 Å². The number of rotatable bonds is 5. The summed E-state index contributed by atoms with van der Waals surface area (Å²) in [6.07, 6.45) is 2.89. The van der Waals surface area contributed by atoms with Crippen LogP contribution < -0.4 is 0 Å². The molecule has 1 fully saturated rings. The zero-order valence-electron chi connectivity index (χ0n) is 12.7. The molecule has 0 atom stereocenters. The van der Waals surface area contributed by atoms with E-state index >= 15 is 0 Å². The van der Waals surface area contributed by atoms with E-state index in [1.165, 1.54) is 6.26 Å².